The first-order chi connectivity index (χ1) is 6.02. The van der Waals surface area contributed by atoms with Gasteiger partial charge in [-0.2, -0.15) is 0 Å². The lowest BCUT2D eigenvalue weighted by molar-refractivity contribution is -0.126. The minimum Gasteiger partial charge on any atom is -0.337 e. The highest BCUT2D eigenvalue weighted by molar-refractivity contribution is 5.93. The summed E-state index contributed by atoms with van der Waals surface area (Å²) < 4.78 is 0. The average Bonchev–Trinajstić information content (AvgIpc) is 2.49. The van der Waals surface area contributed by atoms with Crippen molar-refractivity contribution in [2.45, 2.75) is 33.2 Å². The van der Waals surface area contributed by atoms with E-state index in [9.17, 15) is 4.79 Å². The van der Waals surface area contributed by atoms with E-state index < -0.39 is 0 Å². The molecule has 4 heteroatoms. The molecular formula is C10H19ClN2O. The van der Waals surface area contributed by atoms with Gasteiger partial charge >= 0.3 is 0 Å². The second-order valence-electron chi connectivity index (χ2n) is 3.92. The zero-order valence-corrected chi connectivity index (χ0v) is 9.86. The predicted octanol–water partition coefficient (Wildman–Crippen LogP) is 1.32. The number of amides is 1. The first kappa shape index (κ1) is 13.5. The van der Waals surface area contributed by atoms with Crippen LogP contribution in [-0.4, -0.2) is 29.9 Å². The molecule has 14 heavy (non-hydrogen) atoms. The molecular weight excluding hydrogens is 200 g/mol. The molecule has 1 aliphatic rings. The maximum atomic E-state index is 11.7. The van der Waals surface area contributed by atoms with E-state index in [0.717, 1.165) is 24.1 Å². The summed E-state index contributed by atoms with van der Waals surface area (Å²) >= 11 is 0. The first-order valence-electron chi connectivity index (χ1n) is 4.71. The van der Waals surface area contributed by atoms with E-state index in [1.165, 1.54) is 0 Å². The summed E-state index contributed by atoms with van der Waals surface area (Å²) in [6.07, 6.45) is 0.932. The Hall–Kier alpha value is -0.540. The Bertz CT molecular complexity index is 247. The maximum absolute atomic E-state index is 11.7. The molecule has 1 fully saturated rings. The Labute approximate surface area is 91.7 Å². The molecule has 3 nitrogen and oxygen atoms in total. The molecule has 0 spiro atoms. The molecule has 0 unspecified atom stereocenters. The molecule has 0 aliphatic carbocycles. The van der Waals surface area contributed by atoms with Crippen LogP contribution in [0.2, 0.25) is 0 Å². The van der Waals surface area contributed by atoms with Gasteiger partial charge in [0.25, 0.3) is 0 Å². The number of halogens is 1. The van der Waals surface area contributed by atoms with Gasteiger partial charge in [-0.25, -0.2) is 0 Å². The van der Waals surface area contributed by atoms with Gasteiger partial charge in [0.15, 0.2) is 0 Å². The fourth-order valence-electron chi connectivity index (χ4n) is 1.42. The highest BCUT2D eigenvalue weighted by atomic mass is 35.5. The van der Waals surface area contributed by atoms with Crippen LogP contribution in [0.15, 0.2) is 11.1 Å². The van der Waals surface area contributed by atoms with Gasteiger partial charge in [-0.1, -0.05) is 5.57 Å². The zero-order valence-electron chi connectivity index (χ0n) is 9.04. The Kier molecular flexibility index (Phi) is 5.16. The summed E-state index contributed by atoms with van der Waals surface area (Å²) in [5, 5.41) is 0. The van der Waals surface area contributed by atoms with Crippen LogP contribution in [-0.2, 0) is 4.79 Å². The molecule has 0 radical (unpaired) electrons. The Morgan fingerprint density at radius 3 is 2.29 bits per heavy atom. The van der Waals surface area contributed by atoms with Crippen LogP contribution >= 0.6 is 12.4 Å². The van der Waals surface area contributed by atoms with Crippen LogP contribution in [0.25, 0.3) is 0 Å². The van der Waals surface area contributed by atoms with E-state index in [-0.39, 0.29) is 24.4 Å². The van der Waals surface area contributed by atoms with E-state index in [4.69, 9.17) is 5.73 Å². The van der Waals surface area contributed by atoms with Gasteiger partial charge in [-0.15, -0.1) is 12.4 Å². The molecule has 1 saturated heterocycles. The van der Waals surface area contributed by atoms with Crippen molar-refractivity contribution in [3.63, 3.8) is 0 Å². The van der Waals surface area contributed by atoms with Crippen molar-refractivity contribution in [2.24, 2.45) is 5.73 Å². The van der Waals surface area contributed by atoms with Gasteiger partial charge in [0.1, 0.15) is 0 Å². The van der Waals surface area contributed by atoms with Gasteiger partial charge in [-0.3, -0.25) is 4.79 Å². The lowest BCUT2D eigenvalue weighted by Crippen LogP contribution is -2.32. The largest absolute Gasteiger partial charge is 0.337 e. The number of hydrogen-bond donors (Lipinski definition) is 1. The topological polar surface area (TPSA) is 46.3 Å². The Morgan fingerprint density at radius 2 is 1.93 bits per heavy atom. The zero-order chi connectivity index (χ0) is 10.0. The lowest BCUT2D eigenvalue weighted by Gasteiger charge is -2.16. The molecule has 2 N–H and O–H groups in total. The molecule has 0 bridgehead atoms. The SMILES string of the molecule is CC(C)=C(C)C(=O)N1CC[C@H](N)C1.Cl. The van der Waals surface area contributed by atoms with Gasteiger partial charge in [0, 0.05) is 24.7 Å². The van der Waals surface area contributed by atoms with Crippen molar-refractivity contribution in [1.82, 2.24) is 4.90 Å². The highest BCUT2D eigenvalue weighted by Crippen LogP contribution is 2.13. The van der Waals surface area contributed by atoms with Gasteiger partial charge < -0.3 is 10.6 Å². The van der Waals surface area contributed by atoms with E-state index in [1.807, 2.05) is 25.7 Å². The van der Waals surface area contributed by atoms with Gasteiger partial charge in [-0.05, 0) is 27.2 Å². The smallest absolute Gasteiger partial charge is 0.249 e. The molecule has 1 amide bonds. The molecule has 1 rings (SSSR count). The summed E-state index contributed by atoms with van der Waals surface area (Å²) in [6, 6.07) is 0.175. The van der Waals surface area contributed by atoms with E-state index in [1.54, 1.807) is 0 Å². The third-order valence-corrected chi connectivity index (χ3v) is 2.58. The van der Waals surface area contributed by atoms with E-state index in [2.05, 4.69) is 0 Å². The Balaban J connectivity index is 0.00000169. The quantitative estimate of drug-likeness (QED) is 0.675. The maximum Gasteiger partial charge on any atom is 0.249 e. The van der Waals surface area contributed by atoms with Crippen LogP contribution in [0.4, 0.5) is 0 Å². The standard InChI is InChI=1S/C10H18N2O.ClH/c1-7(2)8(3)10(13)12-5-4-9(11)6-12;/h9H,4-6,11H2,1-3H3;1H/t9-;/m0./s1. The molecule has 0 aromatic carbocycles. The average molecular weight is 219 g/mol. The van der Waals surface area contributed by atoms with Crippen molar-refractivity contribution in [3.8, 4) is 0 Å². The second kappa shape index (κ2) is 5.37. The van der Waals surface area contributed by atoms with Crippen LogP contribution in [0.5, 0.6) is 0 Å². The summed E-state index contributed by atoms with van der Waals surface area (Å²) in [5.74, 6) is 0.146. The molecule has 1 aliphatic heterocycles. The third-order valence-electron chi connectivity index (χ3n) is 2.58. The van der Waals surface area contributed by atoms with Crippen molar-refractivity contribution in [1.29, 1.82) is 0 Å². The number of hydrogen-bond acceptors (Lipinski definition) is 2. The fourth-order valence-corrected chi connectivity index (χ4v) is 1.42. The summed E-state index contributed by atoms with van der Waals surface area (Å²) in [6.45, 7) is 7.32. The fraction of sp³-hybridized carbons (Fsp3) is 0.700. The Morgan fingerprint density at radius 1 is 1.36 bits per heavy atom. The second-order valence-corrected chi connectivity index (χ2v) is 3.92. The number of rotatable bonds is 1. The number of carbonyl (C=O) groups excluding carboxylic acids is 1. The van der Waals surface area contributed by atoms with Crippen molar-refractivity contribution < 1.29 is 4.79 Å². The van der Waals surface area contributed by atoms with E-state index in [0.29, 0.717) is 6.54 Å². The number of nitrogens with two attached hydrogens (primary N) is 1. The van der Waals surface area contributed by atoms with Gasteiger partial charge in [0.05, 0.1) is 0 Å². The number of allylic oxidation sites excluding steroid dienone is 1. The predicted molar refractivity (Wildman–Crippen MR) is 60.5 cm³/mol. The molecule has 0 saturated carbocycles. The summed E-state index contributed by atoms with van der Waals surface area (Å²) in [5.41, 5.74) is 7.67. The molecule has 0 aromatic heterocycles. The van der Waals surface area contributed by atoms with Crippen LogP contribution in [0.3, 0.4) is 0 Å². The molecule has 0 aromatic rings. The molecule has 82 valence electrons. The third kappa shape index (κ3) is 3.00. The lowest BCUT2D eigenvalue weighted by atomic mass is 10.1. The minimum absolute atomic E-state index is 0. The molecule has 1 atom stereocenters. The summed E-state index contributed by atoms with van der Waals surface area (Å²) in [4.78, 5) is 13.6. The van der Waals surface area contributed by atoms with Crippen molar-refractivity contribution >= 4 is 18.3 Å². The summed E-state index contributed by atoms with van der Waals surface area (Å²) in [7, 11) is 0. The number of carbonyl (C=O) groups is 1. The normalized spacial score (nSPS) is 20.3. The number of likely N-dealkylation sites (tertiary alicyclic amines) is 1. The number of nitrogens with zero attached hydrogens (tertiary/aromatic N) is 1. The highest BCUT2D eigenvalue weighted by Gasteiger charge is 2.24. The van der Waals surface area contributed by atoms with Crippen LogP contribution < -0.4 is 5.73 Å². The molecule has 1 heterocycles. The van der Waals surface area contributed by atoms with E-state index >= 15 is 0 Å². The monoisotopic (exact) mass is 218 g/mol. The minimum atomic E-state index is 0. The van der Waals surface area contributed by atoms with Gasteiger partial charge in [0.2, 0.25) is 5.91 Å². The first-order valence-corrected chi connectivity index (χ1v) is 4.71. The van der Waals surface area contributed by atoms with Crippen LogP contribution in [0.1, 0.15) is 27.2 Å². The van der Waals surface area contributed by atoms with Crippen LogP contribution in [0, 0.1) is 0 Å². The van der Waals surface area contributed by atoms with Crippen molar-refractivity contribution in [3.05, 3.63) is 11.1 Å². The van der Waals surface area contributed by atoms with Crippen molar-refractivity contribution in [2.75, 3.05) is 13.1 Å².